The molecule has 0 spiro atoms. The van der Waals surface area contributed by atoms with Crippen LogP contribution in [0.15, 0.2) is 5.51 Å². The van der Waals surface area contributed by atoms with Gasteiger partial charge in [0.1, 0.15) is 0 Å². The lowest BCUT2D eigenvalue weighted by atomic mass is 9.92. The van der Waals surface area contributed by atoms with E-state index in [9.17, 15) is 0 Å². The van der Waals surface area contributed by atoms with Crippen LogP contribution in [-0.4, -0.2) is 24.7 Å². The van der Waals surface area contributed by atoms with Crippen molar-refractivity contribution in [3.8, 4) is 0 Å². The van der Waals surface area contributed by atoms with Gasteiger partial charge in [0.15, 0.2) is 0 Å². The molecule has 0 aliphatic carbocycles. The standard InChI is InChI=1S/C12H20N2OS/c1-3-13-11(10-5-4-6-15-7-10)12-9(2)14-8-16-12/h8,10-11,13H,3-7H2,1-2H3. The zero-order valence-corrected chi connectivity index (χ0v) is 10.8. The molecule has 1 aliphatic rings. The number of nitrogens with zero attached hydrogens (tertiary/aromatic N) is 1. The summed E-state index contributed by atoms with van der Waals surface area (Å²) in [7, 11) is 0. The minimum absolute atomic E-state index is 0.429. The van der Waals surface area contributed by atoms with Gasteiger partial charge in [0, 0.05) is 23.4 Å². The van der Waals surface area contributed by atoms with Crippen molar-refractivity contribution in [3.63, 3.8) is 0 Å². The van der Waals surface area contributed by atoms with Gasteiger partial charge in [-0.15, -0.1) is 11.3 Å². The van der Waals surface area contributed by atoms with E-state index in [-0.39, 0.29) is 0 Å². The van der Waals surface area contributed by atoms with Gasteiger partial charge in [-0.1, -0.05) is 6.92 Å². The van der Waals surface area contributed by atoms with Crippen molar-refractivity contribution in [3.05, 3.63) is 16.1 Å². The summed E-state index contributed by atoms with van der Waals surface area (Å²) in [4.78, 5) is 5.74. The second-order valence-electron chi connectivity index (χ2n) is 4.31. The number of ether oxygens (including phenoxy) is 1. The summed E-state index contributed by atoms with van der Waals surface area (Å²) in [5, 5.41) is 3.59. The molecule has 1 aromatic heterocycles. The molecule has 0 radical (unpaired) electrons. The molecule has 0 bridgehead atoms. The highest BCUT2D eigenvalue weighted by molar-refractivity contribution is 7.09. The Morgan fingerprint density at radius 3 is 3.12 bits per heavy atom. The molecule has 2 unspecified atom stereocenters. The fourth-order valence-electron chi connectivity index (χ4n) is 2.33. The summed E-state index contributed by atoms with van der Waals surface area (Å²) < 4.78 is 5.59. The molecule has 1 aliphatic heterocycles. The van der Waals surface area contributed by atoms with Crippen LogP contribution in [0.25, 0.3) is 0 Å². The summed E-state index contributed by atoms with van der Waals surface area (Å²) in [6.07, 6.45) is 2.44. The second-order valence-corrected chi connectivity index (χ2v) is 5.20. The van der Waals surface area contributed by atoms with Crippen molar-refractivity contribution in [1.29, 1.82) is 0 Å². The molecule has 0 amide bonds. The minimum Gasteiger partial charge on any atom is -0.381 e. The summed E-state index contributed by atoms with van der Waals surface area (Å²) in [5.41, 5.74) is 3.11. The SMILES string of the molecule is CCNC(c1scnc1C)C1CCCOC1. The first-order chi connectivity index (χ1) is 7.83. The molecule has 2 atom stereocenters. The molecule has 90 valence electrons. The van der Waals surface area contributed by atoms with Crippen molar-refractivity contribution < 1.29 is 4.74 Å². The first kappa shape index (κ1) is 12.0. The van der Waals surface area contributed by atoms with E-state index in [4.69, 9.17) is 4.74 Å². The first-order valence-electron chi connectivity index (χ1n) is 6.04. The molecular weight excluding hydrogens is 220 g/mol. The summed E-state index contributed by atoms with van der Waals surface area (Å²) in [5.74, 6) is 0.604. The Kier molecular flexibility index (Phi) is 4.32. The van der Waals surface area contributed by atoms with Crippen molar-refractivity contribution in [1.82, 2.24) is 10.3 Å². The lowest BCUT2D eigenvalue weighted by Gasteiger charge is -2.30. The van der Waals surface area contributed by atoms with Crippen LogP contribution in [0.4, 0.5) is 0 Å². The van der Waals surface area contributed by atoms with Crippen LogP contribution in [0.5, 0.6) is 0 Å². The van der Waals surface area contributed by atoms with Crippen LogP contribution in [0.2, 0.25) is 0 Å². The number of hydrogen-bond acceptors (Lipinski definition) is 4. The number of rotatable bonds is 4. The molecule has 16 heavy (non-hydrogen) atoms. The predicted molar refractivity (Wildman–Crippen MR) is 66.8 cm³/mol. The Bertz CT molecular complexity index is 321. The molecule has 1 fully saturated rings. The van der Waals surface area contributed by atoms with E-state index in [0.29, 0.717) is 12.0 Å². The van der Waals surface area contributed by atoms with Crippen molar-refractivity contribution >= 4 is 11.3 Å². The highest BCUT2D eigenvalue weighted by Crippen LogP contribution is 2.32. The molecule has 1 aromatic rings. The Morgan fingerprint density at radius 2 is 2.56 bits per heavy atom. The average Bonchev–Trinajstić information content (AvgIpc) is 2.73. The summed E-state index contributed by atoms with van der Waals surface area (Å²) in [6.45, 7) is 7.07. The Morgan fingerprint density at radius 1 is 1.69 bits per heavy atom. The second kappa shape index (κ2) is 5.75. The molecule has 0 aromatic carbocycles. The maximum Gasteiger partial charge on any atom is 0.0798 e. The average molecular weight is 240 g/mol. The Labute approximate surface area is 101 Å². The molecule has 1 N–H and O–H groups in total. The summed E-state index contributed by atoms with van der Waals surface area (Å²) in [6, 6.07) is 0.429. The Balaban J connectivity index is 2.12. The molecule has 2 rings (SSSR count). The van der Waals surface area contributed by atoms with Crippen molar-refractivity contribution in [2.75, 3.05) is 19.8 Å². The lowest BCUT2D eigenvalue weighted by Crippen LogP contribution is -2.33. The van der Waals surface area contributed by atoms with E-state index in [1.165, 1.54) is 23.4 Å². The molecule has 0 saturated carbocycles. The van der Waals surface area contributed by atoms with E-state index in [2.05, 4.69) is 24.1 Å². The van der Waals surface area contributed by atoms with Gasteiger partial charge in [-0.3, -0.25) is 0 Å². The molecule has 1 saturated heterocycles. The zero-order valence-electron chi connectivity index (χ0n) is 10.0. The fraction of sp³-hybridized carbons (Fsp3) is 0.750. The normalized spacial score (nSPS) is 23.2. The van der Waals surface area contributed by atoms with Gasteiger partial charge >= 0.3 is 0 Å². The van der Waals surface area contributed by atoms with Gasteiger partial charge in [-0.05, 0) is 26.3 Å². The van der Waals surface area contributed by atoms with Gasteiger partial charge in [0.25, 0.3) is 0 Å². The summed E-state index contributed by atoms with van der Waals surface area (Å²) >= 11 is 1.76. The van der Waals surface area contributed by atoms with Gasteiger partial charge in [-0.2, -0.15) is 0 Å². The van der Waals surface area contributed by atoms with Gasteiger partial charge < -0.3 is 10.1 Å². The van der Waals surface area contributed by atoms with Crippen LogP contribution in [0, 0.1) is 12.8 Å². The zero-order chi connectivity index (χ0) is 11.4. The highest BCUT2D eigenvalue weighted by atomic mass is 32.1. The number of nitrogens with one attached hydrogen (secondary N) is 1. The van der Waals surface area contributed by atoms with Crippen LogP contribution in [0.3, 0.4) is 0 Å². The molecule has 3 nitrogen and oxygen atoms in total. The van der Waals surface area contributed by atoms with Crippen molar-refractivity contribution in [2.24, 2.45) is 5.92 Å². The van der Waals surface area contributed by atoms with Crippen LogP contribution in [0.1, 0.15) is 36.4 Å². The fourth-order valence-corrected chi connectivity index (χ4v) is 3.30. The highest BCUT2D eigenvalue weighted by Gasteiger charge is 2.27. The number of aryl methyl sites for hydroxylation is 1. The van der Waals surface area contributed by atoms with E-state index in [0.717, 1.165) is 19.8 Å². The third-order valence-electron chi connectivity index (χ3n) is 3.16. The molecular formula is C12H20N2OS. The first-order valence-corrected chi connectivity index (χ1v) is 6.92. The minimum atomic E-state index is 0.429. The van der Waals surface area contributed by atoms with Gasteiger partial charge in [-0.25, -0.2) is 4.98 Å². The maximum absolute atomic E-state index is 5.59. The van der Waals surface area contributed by atoms with Crippen molar-refractivity contribution in [2.45, 2.75) is 32.7 Å². The maximum atomic E-state index is 5.59. The van der Waals surface area contributed by atoms with Crippen LogP contribution < -0.4 is 5.32 Å². The number of hydrogen-bond donors (Lipinski definition) is 1. The van der Waals surface area contributed by atoms with Crippen LogP contribution in [-0.2, 0) is 4.74 Å². The van der Waals surface area contributed by atoms with E-state index in [1.54, 1.807) is 11.3 Å². The third kappa shape index (κ3) is 2.62. The van der Waals surface area contributed by atoms with Gasteiger partial charge in [0.2, 0.25) is 0 Å². The smallest absolute Gasteiger partial charge is 0.0798 e. The number of thiazole rings is 1. The van der Waals surface area contributed by atoms with Crippen LogP contribution >= 0.6 is 11.3 Å². The number of aromatic nitrogens is 1. The quantitative estimate of drug-likeness (QED) is 0.878. The van der Waals surface area contributed by atoms with E-state index < -0.39 is 0 Å². The third-order valence-corrected chi connectivity index (χ3v) is 4.17. The van der Waals surface area contributed by atoms with E-state index >= 15 is 0 Å². The molecule has 2 heterocycles. The molecule has 4 heteroatoms. The topological polar surface area (TPSA) is 34.2 Å². The predicted octanol–water partition coefficient (Wildman–Crippen LogP) is 2.53. The monoisotopic (exact) mass is 240 g/mol. The van der Waals surface area contributed by atoms with E-state index in [1.807, 2.05) is 5.51 Å². The van der Waals surface area contributed by atoms with Gasteiger partial charge in [0.05, 0.1) is 17.8 Å². The lowest BCUT2D eigenvalue weighted by molar-refractivity contribution is 0.0397. The largest absolute Gasteiger partial charge is 0.381 e. The Hall–Kier alpha value is -0.450.